The van der Waals surface area contributed by atoms with Crippen LogP contribution in [0.3, 0.4) is 0 Å². The Morgan fingerprint density at radius 1 is 0.577 bits per heavy atom. The van der Waals surface area contributed by atoms with Crippen molar-refractivity contribution < 1.29 is 35.1 Å². The monoisotopic (exact) mass is 386 g/mol. The molecule has 26 heavy (non-hydrogen) atoms. The fraction of sp³-hybridized carbons (Fsp3) is 0.250. The number of nitrogens with two attached hydrogens (primary N) is 2. The maximum Gasteiger partial charge on any atom is 0.416 e. The average molecular weight is 386 g/mol. The molecule has 0 saturated heterocycles. The molecule has 0 aliphatic rings. The summed E-state index contributed by atoms with van der Waals surface area (Å²) in [7, 11) is 0. The van der Waals surface area contributed by atoms with E-state index in [2.05, 4.69) is 0 Å². The van der Waals surface area contributed by atoms with Crippen molar-refractivity contribution in [3.05, 3.63) is 70.3 Å². The van der Waals surface area contributed by atoms with E-state index in [-0.39, 0.29) is 24.2 Å². The molecule has 10 heteroatoms. The fourth-order valence-corrected chi connectivity index (χ4v) is 1.86. The van der Waals surface area contributed by atoms with Gasteiger partial charge in [-0.3, -0.25) is 0 Å². The maximum atomic E-state index is 12.6. The van der Waals surface area contributed by atoms with Crippen LogP contribution >= 0.6 is 0 Å². The Balaban J connectivity index is 0.000000260. The van der Waals surface area contributed by atoms with Gasteiger partial charge in [-0.2, -0.15) is 26.3 Å². The third kappa shape index (κ3) is 6.60. The molecule has 0 aliphatic carbocycles. The molecule has 0 bridgehead atoms. The van der Waals surface area contributed by atoms with E-state index in [9.17, 15) is 35.1 Å². The summed E-state index contributed by atoms with van der Waals surface area (Å²) in [6, 6.07) is 4.52. The molecule has 2 rings (SSSR count). The Morgan fingerprint density at radius 2 is 0.885 bits per heavy atom. The molecule has 2 aromatic carbocycles. The molecule has 144 valence electrons. The Morgan fingerprint density at radius 3 is 1.12 bits per heavy atom. The standard InChI is InChI=1S/2C8H7F4N/c2*9-7-2-5(4-13)1-6(3-7)8(10,11)12/h2*1-3H,4,13H2. The summed E-state index contributed by atoms with van der Waals surface area (Å²) in [6.45, 7) is -0.221. The minimum Gasteiger partial charge on any atom is -0.326 e. The Kier molecular flexibility index (Phi) is 7.10. The molecular weight excluding hydrogens is 372 g/mol. The normalized spacial score (nSPS) is 11.8. The predicted octanol–water partition coefficient (Wildman–Crippen LogP) is 4.61. The zero-order valence-corrected chi connectivity index (χ0v) is 13.1. The zero-order valence-electron chi connectivity index (χ0n) is 13.1. The number of halogens is 8. The van der Waals surface area contributed by atoms with Gasteiger partial charge >= 0.3 is 12.4 Å². The maximum absolute atomic E-state index is 12.6. The minimum atomic E-state index is -4.52. The molecule has 0 aromatic heterocycles. The Bertz CT molecular complexity index is 675. The summed E-state index contributed by atoms with van der Waals surface area (Å²) >= 11 is 0. The molecule has 0 atom stereocenters. The van der Waals surface area contributed by atoms with E-state index >= 15 is 0 Å². The lowest BCUT2D eigenvalue weighted by molar-refractivity contribution is -0.138. The lowest BCUT2D eigenvalue weighted by atomic mass is 10.1. The van der Waals surface area contributed by atoms with E-state index in [4.69, 9.17) is 11.5 Å². The number of hydrogen-bond acceptors (Lipinski definition) is 2. The number of benzene rings is 2. The highest BCUT2D eigenvalue weighted by Crippen LogP contribution is 2.31. The molecule has 2 nitrogen and oxygen atoms in total. The van der Waals surface area contributed by atoms with Crippen molar-refractivity contribution in [1.82, 2.24) is 0 Å². The van der Waals surface area contributed by atoms with Gasteiger partial charge in [-0.25, -0.2) is 8.78 Å². The van der Waals surface area contributed by atoms with E-state index in [1.807, 2.05) is 0 Å². The van der Waals surface area contributed by atoms with Gasteiger partial charge in [0.05, 0.1) is 11.1 Å². The lowest BCUT2D eigenvalue weighted by Gasteiger charge is -2.07. The molecule has 4 N–H and O–H groups in total. The summed E-state index contributed by atoms with van der Waals surface area (Å²) in [5.74, 6) is -1.84. The lowest BCUT2D eigenvalue weighted by Crippen LogP contribution is -2.07. The van der Waals surface area contributed by atoms with Crippen molar-refractivity contribution in [2.24, 2.45) is 11.5 Å². The van der Waals surface area contributed by atoms with Crippen LogP contribution in [0, 0.1) is 11.6 Å². The molecule has 0 spiro atoms. The van der Waals surface area contributed by atoms with Crippen LogP contribution < -0.4 is 11.5 Å². The van der Waals surface area contributed by atoms with E-state index in [1.54, 1.807) is 0 Å². The van der Waals surface area contributed by atoms with Gasteiger partial charge in [0.1, 0.15) is 11.6 Å². The van der Waals surface area contributed by atoms with E-state index in [0.29, 0.717) is 12.1 Å². The van der Waals surface area contributed by atoms with Gasteiger partial charge in [-0.15, -0.1) is 0 Å². The van der Waals surface area contributed by atoms with Crippen LogP contribution in [-0.2, 0) is 25.4 Å². The summed E-state index contributed by atoms with van der Waals surface area (Å²) in [5.41, 5.74) is 8.44. The van der Waals surface area contributed by atoms with E-state index < -0.39 is 35.1 Å². The molecule has 0 unspecified atom stereocenters. The molecule has 0 radical (unpaired) electrons. The van der Waals surface area contributed by atoms with Crippen molar-refractivity contribution in [2.75, 3.05) is 0 Å². The van der Waals surface area contributed by atoms with Gasteiger partial charge < -0.3 is 11.5 Å². The minimum absolute atomic E-state index is 0.110. The van der Waals surface area contributed by atoms with Gasteiger partial charge in [-0.1, -0.05) is 0 Å². The third-order valence-corrected chi connectivity index (χ3v) is 3.04. The molecule has 0 aliphatic heterocycles. The Hall–Kier alpha value is -2.20. The highest BCUT2D eigenvalue weighted by atomic mass is 19.4. The summed E-state index contributed by atoms with van der Waals surface area (Å²) in [4.78, 5) is 0. The van der Waals surface area contributed by atoms with Crippen LogP contribution in [0.25, 0.3) is 0 Å². The second-order valence-corrected chi connectivity index (χ2v) is 5.10. The van der Waals surface area contributed by atoms with Gasteiger partial charge in [0.15, 0.2) is 0 Å². The van der Waals surface area contributed by atoms with Gasteiger partial charge in [0.25, 0.3) is 0 Å². The average Bonchev–Trinajstić information content (AvgIpc) is 2.52. The summed E-state index contributed by atoms with van der Waals surface area (Å²) in [5, 5.41) is 0. The van der Waals surface area contributed by atoms with Crippen molar-refractivity contribution in [2.45, 2.75) is 25.4 Å². The van der Waals surface area contributed by atoms with E-state index in [0.717, 1.165) is 24.3 Å². The molecular formula is C16H14F8N2. The zero-order chi connectivity index (χ0) is 20.1. The molecule has 2 aromatic rings. The highest BCUT2D eigenvalue weighted by Gasteiger charge is 2.31. The first kappa shape index (κ1) is 21.8. The molecule has 0 fully saturated rings. The first-order chi connectivity index (χ1) is 11.9. The number of rotatable bonds is 2. The van der Waals surface area contributed by atoms with Crippen LogP contribution in [0.5, 0.6) is 0 Å². The summed E-state index contributed by atoms with van der Waals surface area (Å²) in [6.07, 6.45) is -9.04. The van der Waals surface area contributed by atoms with Gasteiger partial charge in [0.2, 0.25) is 0 Å². The molecule has 0 heterocycles. The number of alkyl halides is 6. The second kappa shape index (κ2) is 8.45. The Labute approximate surface area is 143 Å². The smallest absolute Gasteiger partial charge is 0.326 e. The first-order valence-corrected chi connectivity index (χ1v) is 7.00. The molecule has 0 amide bonds. The quantitative estimate of drug-likeness (QED) is 0.741. The number of hydrogen-bond donors (Lipinski definition) is 2. The fourth-order valence-electron chi connectivity index (χ4n) is 1.86. The third-order valence-electron chi connectivity index (χ3n) is 3.04. The SMILES string of the molecule is NCc1cc(F)cc(C(F)(F)F)c1.NCc1cc(F)cc(C(F)(F)F)c1. The van der Waals surface area contributed by atoms with Crippen molar-refractivity contribution >= 4 is 0 Å². The highest BCUT2D eigenvalue weighted by molar-refractivity contribution is 5.27. The van der Waals surface area contributed by atoms with Crippen LogP contribution in [0.2, 0.25) is 0 Å². The van der Waals surface area contributed by atoms with Crippen molar-refractivity contribution in [3.63, 3.8) is 0 Å². The van der Waals surface area contributed by atoms with E-state index in [1.165, 1.54) is 0 Å². The first-order valence-electron chi connectivity index (χ1n) is 7.00. The largest absolute Gasteiger partial charge is 0.416 e. The molecule has 0 saturated carbocycles. The van der Waals surface area contributed by atoms with Crippen LogP contribution in [0.4, 0.5) is 35.1 Å². The second-order valence-electron chi connectivity index (χ2n) is 5.10. The van der Waals surface area contributed by atoms with Gasteiger partial charge in [-0.05, 0) is 47.5 Å². The van der Waals surface area contributed by atoms with Gasteiger partial charge in [0, 0.05) is 13.1 Å². The predicted molar refractivity (Wildman–Crippen MR) is 78.6 cm³/mol. The topological polar surface area (TPSA) is 52.0 Å². The summed E-state index contributed by atoms with van der Waals surface area (Å²) < 4.78 is 97.6. The van der Waals surface area contributed by atoms with Crippen LogP contribution in [-0.4, -0.2) is 0 Å². The van der Waals surface area contributed by atoms with Crippen LogP contribution in [0.15, 0.2) is 36.4 Å². The van der Waals surface area contributed by atoms with Crippen molar-refractivity contribution in [3.8, 4) is 0 Å². The van der Waals surface area contributed by atoms with Crippen molar-refractivity contribution in [1.29, 1.82) is 0 Å². The van der Waals surface area contributed by atoms with Crippen LogP contribution in [0.1, 0.15) is 22.3 Å².